The van der Waals surface area contributed by atoms with E-state index in [9.17, 15) is 4.79 Å². The minimum atomic E-state index is -0.0143. The molecule has 0 radical (unpaired) electrons. The minimum absolute atomic E-state index is 0.0143. The van der Waals surface area contributed by atoms with Gasteiger partial charge in [0.15, 0.2) is 0 Å². The first-order chi connectivity index (χ1) is 11.8. The molecule has 24 heavy (non-hydrogen) atoms. The highest BCUT2D eigenvalue weighted by Crippen LogP contribution is 2.15. The first kappa shape index (κ1) is 16.3. The number of pyridine rings is 1. The van der Waals surface area contributed by atoms with Gasteiger partial charge < -0.3 is 15.0 Å². The molecule has 2 aromatic heterocycles. The van der Waals surface area contributed by atoms with Gasteiger partial charge in [0, 0.05) is 26.3 Å². The zero-order valence-electron chi connectivity index (χ0n) is 13.7. The van der Waals surface area contributed by atoms with Crippen molar-refractivity contribution < 1.29 is 9.53 Å². The molecular formula is C17H21N5O2. The zero-order chi connectivity index (χ0) is 16.8. The maximum absolute atomic E-state index is 12.5. The summed E-state index contributed by atoms with van der Waals surface area (Å²) in [4.78, 5) is 18.5. The fraction of sp³-hybridized carbons (Fsp3) is 0.412. The molecule has 1 atom stereocenters. The van der Waals surface area contributed by atoms with Gasteiger partial charge in [0.05, 0.1) is 30.7 Å². The van der Waals surface area contributed by atoms with Crippen LogP contribution >= 0.6 is 0 Å². The van der Waals surface area contributed by atoms with Crippen LogP contribution in [-0.4, -0.2) is 58.8 Å². The third-order valence-electron chi connectivity index (χ3n) is 4.09. The standard InChI is InChI=1S/C17H21N5O2/c1-18-16-10-13(4-6-19-16)2-3-15-12-22(8-9-24-15)17(23)14-5-7-20-21-11-14/h4-7,10-11,15H,2-3,8-9,12H2,1H3,(H,18,19). The Morgan fingerprint density at radius 3 is 3.08 bits per heavy atom. The molecule has 3 heterocycles. The van der Waals surface area contributed by atoms with Gasteiger partial charge in [-0.2, -0.15) is 10.2 Å². The molecule has 1 N–H and O–H groups in total. The topological polar surface area (TPSA) is 80.2 Å². The lowest BCUT2D eigenvalue weighted by Crippen LogP contribution is -2.45. The molecule has 3 rings (SSSR count). The first-order valence-electron chi connectivity index (χ1n) is 8.06. The molecule has 0 aliphatic carbocycles. The fourth-order valence-corrected chi connectivity index (χ4v) is 2.77. The number of carbonyl (C=O) groups excluding carboxylic acids is 1. The largest absolute Gasteiger partial charge is 0.375 e. The lowest BCUT2D eigenvalue weighted by Gasteiger charge is -2.33. The first-order valence-corrected chi connectivity index (χ1v) is 8.06. The Balaban J connectivity index is 1.56. The van der Waals surface area contributed by atoms with E-state index in [1.54, 1.807) is 12.3 Å². The van der Waals surface area contributed by atoms with Gasteiger partial charge in [0.1, 0.15) is 5.82 Å². The van der Waals surface area contributed by atoms with E-state index in [2.05, 4.69) is 20.5 Å². The Hall–Kier alpha value is -2.54. The number of carbonyl (C=O) groups is 1. The van der Waals surface area contributed by atoms with Gasteiger partial charge >= 0.3 is 0 Å². The van der Waals surface area contributed by atoms with Crippen LogP contribution < -0.4 is 5.32 Å². The SMILES string of the molecule is CNc1cc(CCC2CN(C(=O)c3ccnnc3)CCO2)ccn1. The molecule has 1 aliphatic rings. The van der Waals surface area contributed by atoms with Crippen molar-refractivity contribution in [2.24, 2.45) is 0 Å². The van der Waals surface area contributed by atoms with Crippen LogP contribution in [0.1, 0.15) is 22.3 Å². The number of amides is 1. The molecule has 1 amide bonds. The number of aromatic nitrogens is 3. The second kappa shape index (κ2) is 7.83. The Bertz CT molecular complexity index is 680. The summed E-state index contributed by atoms with van der Waals surface area (Å²) in [7, 11) is 1.85. The van der Waals surface area contributed by atoms with Gasteiger partial charge in [-0.15, -0.1) is 0 Å². The monoisotopic (exact) mass is 327 g/mol. The maximum Gasteiger partial charge on any atom is 0.255 e. The third kappa shape index (κ3) is 4.05. The van der Waals surface area contributed by atoms with Gasteiger partial charge in [-0.25, -0.2) is 4.98 Å². The van der Waals surface area contributed by atoms with Crippen molar-refractivity contribution in [3.63, 3.8) is 0 Å². The van der Waals surface area contributed by atoms with E-state index in [0.29, 0.717) is 25.3 Å². The van der Waals surface area contributed by atoms with Crippen molar-refractivity contribution in [3.8, 4) is 0 Å². The molecule has 0 bridgehead atoms. The minimum Gasteiger partial charge on any atom is -0.375 e. The second-order valence-electron chi connectivity index (χ2n) is 5.71. The summed E-state index contributed by atoms with van der Waals surface area (Å²) in [5.41, 5.74) is 1.78. The summed E-state index contributed by atoms with van der Waals surface area (Å²) in [6.07, 6.45) is 6.64. The highest BCUT2D eigenvalue weighted by atomic mass is 16.5. The van der Waals surface area contributed by atoms with Gasteiger partial charge in [-0.05, 0) is 36.6 Å². The molecule has 1 unspecified atom stereocenters. The summed E-state index contributed by atoms with van der Waals surface area (Å²) in [5.74, 6) is 0.846. The quantitative estimate of drug-likeness (QED) is 0.894. The van der Waals surface area contributed by atoms with Crippen molar-refractivity contribution in [2.75, 3.05) is 32.1 Å². The van der Waals surface area contributed by atoms with Crippen LogP contribution in [0.3, 0.4) is 0 Å². The maximum atomic E-state index is 12.5. The summed E-state index contributed by atoms with van der Waals surface area (Å²) >= 11 is 0. The highest BCUT2D eigenvalue weighted by Gasteiger charge is 2.25. The summed E-state index contributed by atoms with van der Waals surface area (Å²) in [5, 5.41) is 10.5. The predicted molar refractivity (Wildman–Crippen MR) is 89.8 cm³/mol. The van der Waals surface area contributed by atoms with Crippen LogP contribution in [0.25, 0.3) is 0 Å². The number of nitrogens with zero attached hydrogens (tertiary/aromatic N) is 4. The molecule has 7 nitrogen and oxygen atoms in total. The molecule has 1 fully saturated rings. The van der Waals surface area contributed by atoms with Crippen LogP contribution in [0, 0.1) is 0 Å². The zero-order valence-corrected chi connectivity index (χ0v) is 13.7. The average molecular weight is 327 g/mol. The molecule has 7 heteroatoms. The smallest absolute Gasteiger partial charge is 0.255 e. The van der Waals surface area contributed by atoms with E-state index in [0.717, 1.165) is 18.7 Å². The van der Waals surface area contributed by atoms with E-state index in [4.69, 9.17) is 4.74 Å². The Morgan fingerprint density at radius 1 is 1.38 bits per heavy atom. The molecule has 2 aromatic rings. The van der Waals surface area contributed by atoms with Crippen LogP contribution in [0.2, 0.25) is 0 Å². The van der Waals surface area contributed by atoms with Gasteiger partial charge in [-0.1, -0.05) is 0 Å². The normalized spacial score (nSPS) is 17.5. The van der Waals surface area contributed by atoms with Crippen LogP contribution in [-0.2, 0) is 11.2 Å². The van der Waals surface area contributed by atoms with Crippen molar-refractivity contribution in [1.82, 2.24) is 20.1 Å². The molecule has 126 valence electrons. The fourth-order valence-electron chi connectivity index (χ4n) is 2.77. The third-order valence-corrected chi connectivity index (χ3v) is 4.09. The van der Waals surface area contributed by atoms with E-state index in [1.165, 1.54) is 18.0 Å². The molecule has 0 spiro atoms. The van der Waals surface area contributed by atoms with Crippen LogP contribution in [0.4, 0.5) is 5.82 Å². The van der Waals surface area contributed by atoms with Gasteiger partial charge in [-0.3, -0.25) is 4.79 Å². The number of aryl methyl sites for hydroxylation is 1. The number of morpholine rings is 1. The van der Waals surface area contributed by atoms with Gasteiger partial charge in [0.25, 0.3) is 5.91 Å². The number of rotatable bonds is 5. The molecule has 0 aromatic carbocycles. The molecular weight excluding hydrogens is 306 g/mol. The summed E-state index contributed by atoms with van der Waals surface area (Å²) in [6, 6.07) is 5.74. The molecule has 1 aliphatic heterocycles. The average Bonchev–Trinajstić information content (AvgIpc) is 2.67. The second-order valence-corrected chi connectivity index (χ2v) is 5.71. The van der Waals surface area contributed by atoms with E-state index in [-0.39, 0.29) is 12.0 Å². The van der Waals surface area contributed by atoms with Crippen molar-refractivity contribution in [3.05, 3.63) is 47.9 Å². The summed E-state index contributed by atoms with van der Waals surface area (Å²) < 4.78 is 5.82. The van der Waals surface area contributed by atoms with Crippen LogP contribution in [0.15, 0.2) is 36.8 Å². The molecule has 1 saturated heterocycles. The van der Waals surface area contributed by atoms with E-state index in [1.807, 2.05) is 24.1 Å². The lowest BCUT2D eigenvalue weighted by molar-refractivity contribution is -0.0246. The number of hydrogen-bond acceptors (Lipinski definition) is 6. The van der Waals surface area contributed by atoms with E-state index < -0.39 is 0 Å². The van der Waals surface area contributed by atoms with Crippen LogP contribution in [0.5, 0.6) is 0 Å². The number of anilines is 1. The van der Waals surface area contributed by atoms with Crippen molar-refractivity contribution >= 4 is 11.7 Å². The molecule has 0 saturated carbocycles. The lowest BCUT2D eigenvalue weighted by atomic mass is 10.1. The summed E-state index contributed by atoms with van der Waals surface area (Å²) in [6.45, 7) is 1.77. The number of hydrogen-bond donors (Lipinski definition) is 1. The Labute approximate surface area is 141 Å². The Kier molecular flexibility index (Phi) is 5.32. The van der Waals surface area contributed by atoms with Crippen molar-refractivity contribution in [1.29, 1.82) is 0 Å². The van der Waals surface area contributed by atoms with E-state index >= 15 is 0 Å². The number of nitrogens with one attached hydrogen (secondary N) is 1. The Morgan fingerprint density at radius 2 is 2.29 bits per heavy atom. The predicted octanol–water partition coefficient (Wildman–Crippen LogP) is 1.39. The number of ether oxygens (including phenoxy) is 1. The van der Waals surface area contributed by atoms with Crippen molar-refractivity contribution in [2.45, 2.75) is 18.9 Å². The van der Waals surface area contributed by atoms with Gasteiger partial charge in [0.2, 0.25) is 0 Å². The highest BCUT2D eigenvalue weighted by molar-refractivity contribution is 5.93.